The summed E-state index contributed by atoms with van der Waals surface area (Å²) in [5.41, 5.74) is 16.7. The molecule has 4 heteroatoms. The van der Waals surface area contributed by atoms with Crippen LogP contribution < -0.4 is 11.5 Å². The highest BCUT2D eigenvalue weighted by molar-refractivity contribution is 5.73. The molecule has 1 rings (SSSR count). The number of allylic oxidation sites excluding steroid dienone is 4. The van der Waals surface area contributed by atoms with Gasteiger partial charge in [-0.1, -0.05) is 178 Å². The Kier molecular flexibility index (Phi) is 36.4. The Morgan fingerprint density at radius 1 is 0.393 bits per heavy atom. The summed E-state index contributed by atoms with van der Waals surface area (Å²) >= 11 is 0. The Morgan fingerprint density at radius 3 is 1.02 bits per heavy atom. The van der Waals surface area contributed by atoms with Gasteiger partial charge in [0.05, 0.1) is 0 Å². The average molecular weight is 777 g/mol. The molecule has 0 aliphatic carbocycles. The van der Waals surface area contributed by atoms with Gasteiger partial charge in [0.1, 0.15) is 0 Å². The van der Waals surface area contributed by atoms with Gasteiger partial charge in [0, 0.05) is 12.8 Å². The van der Waals surface area contributed by atoms with Gasteiger partial charge >= 0.3 is 0 Å². The van der Waals surface area contributed by atoms with E-state index in [0.29, 0.717) is 12.8 Å². The molecule has 0 heterocycles. The van der Waals surface area contributed by atoms with Crippen LogP contribution in [0, 0.1) is 13.8 Å². The number of benzene rings is 1. The van der Waals surface area contributed by atoms with Gasteiger partial charge in [-0.3, -0.25) is 9.59 Å². The lowest BCUT2D eigenvalue weighted by atomic mass is 9.91. The van der Waals surface area contributed by atoms with Crippen LogP contribution >= 0.6 is 0 Å². The van der Waals surface area contributed by atoms with Crippen molar-refractivity contribution >= 4 is 11.8 Å². The van der Waals surface area contributed by atoms with Crippen molar-refractivity contribution in [3.63, 3.8) is 0 Å². The summed E-state index contributed by atoms with van der Waals surface area (Å²) in [6, 6.07) is 4.80. The summed E-state index contributed by atoms with van der Waals surface area (Å²) in [7, 11) is 0. The number of hydrogen-bond donors (Lipinski definition) is 2. The number of carbonyl (C=O) groups is 2. The van der Waals surface area contributed by atoms with E-state index in [1.54, 1.807) is 16.7 Å². The van der Waals surface area contributed by atoms with Gasteiger partial charge in [-0.2, -0.15) is 0 Å². The van der Waals surface area contributed by atoms with E-state index in [4.69, 9.17) is 11.5 Å². The minimum atomic E-state index is -0.159. The Hall–Kier alpha value is -2.36. The van der Waals surface area contributed by atoms with Gasteiger partial charge < -0.3 is 11.5 Å². The maximum Gasteiger partial charge on any atom is 0.217 e. The first-order valence-electron chi connectivity index (χ1n) is 24.4. The predicted molar refractivity (Wildman–Crippen MR) is 246 cm³/mol. The van der Waals surface area contributed by atoms with E-state index in [2.05, 4.69) is 50.3 Å². The highest BCUT2D eigenvalue weighted by atomic mass is 16.1. The minimum absolute atomic E-state index is 0.159. The summed E-state index contributed by atoms with van der Waals surface area (Å²) in [4.78, 5) is 21.5. The molecule has 0 atom stereocenters. The fraction of sp³-hybridized carbons (Fsp3) is 0.769. The molecule has 0 radical (unpaired) electrons. The van der Waals surface area contributed by atoms with Crippen molar-refractivity contribution in [3.8, 4) is 0 Å². The van der Waals surface area contributed by atoms with Crippen LogP contribution in [0.1, 0.15) is 253 Å². The standard InChI is InChI=1S/C52H92N2O2/c1-47-45-46-49(41-37-33-29-25-21-17-13-9-5-3-7-11-15-19-23-27-31-35-39-43-51(53)55)48(2)50(47)42-38-34-30-26-22-18-14-10-6-4-8-12-16-20-24-28-32-36-40-44-52(54)56/h5-6,9-10,45-46H,3-4,7-8,11-44H2,1-2H3,(H2,53,55)(H2,54,56)/b9-5-,10-6-. The molecule has 1 aromatic carbocycles. The number of amides is 2. The molecule has 0 saturated carbocycles. The predicted octanol–water partition coefficient (Wildman–Crippen LogP) is 15.5. The first-order valence-corrected chi connectivity index (χ1v) is 24.4. The van der Waals surface area contributed by atoms with E-state index in [9.17, 15) is 9.59 Å². The fourth-order valence-corrected chi connectivity index (χ4v) is 8.22. The highest BCUT2D eigenvalue weighted by Gasteiger charge is 2.08. The maximum atomic E-state index is 10.8. The molecule has 322 valence electrons. The van der Waals surface area contributed by atoms with Crippen LogP contribution in [0.5, 0.6) is 0 Å². The van der Waals surface area contributed by atoms with Crippen molar-refractivity contribution in [3.05, 3.63) is 58.7 Å². The largest absolute Gasteiger partial charge is 0.370 e. The fourth-order valence-electron chi connectivity index (χ4n) is 8.22. The van der Waals surface area contributed by atoms with Crippen molar-refractivity contribution in [1.29, 1.82) is 0 Å². The van der Waals surface area contributed by atoms with Crippen LogP contribution in [-0.4, -0.2) is 11.8 Å². The first-order chi connectivity index (χ1) is 27.4. The minimum Gasteiger partial charge on any atom is -0.370 e. The smallest absolute Gasteiger partial charge is 0.217 e. The molecule has 0 aliphatic heterocycles. The summed E-state index contributed by atoms with van der Waals surface area (Å²) in [6.07, 6.45) is 57.6. The quantitative estimate of drug-likeness (QED) is 0.0512. The topological polar surface area (TPSA) is 86.2 Å². The van der Waals surface area contributed by atoms with Crippen molar-refractivity contribution in [2.75, 3.05) is 0 Å². The second-order valence-corrected chi connectivity index (χ2v) is 17.3. The lowest BCUT2D eigenvalue weighted by molar-refractivity contribution is -0.119. The van der Waals surface area contributed by atoms with Gasteiger partial charge in [0.25, 0.3) is 0 Å². The van der Waals surface area contributed by atoms with Gasteiger partial charge in [0.15, 0.2) is 0 Å². The van der Waals surface area contributed by atoms with Gasteiger partial charge in [-0.25, -0.2) is 0 Å². The van der Waals surface area contributed by atoms with E-state index < -0.39 is 0 Å². The second kappa shape index (κ2) is 39.5. The van der Waals surface area contributed by atoms with Gasteiger partial charge in [0.2, 0.25) is 11.8 Å². The van der Waals surface area contributed by atoms with Gasteiger partial charge in [-0.15, -0.1) is 0 Å². The monoisotopic (exact) mass is 777 g/mol. The van der Waals surface area contributed by atoms with Crippen molar-refractivity contribution in [1.82, 2.24) is 0 Å². The maximum absolute atomic E-state index is 10.8. The van der Waals surface area contributed by atoms with Crippen LogP contribution in [-0.2, 0) is 22.4 Å². The Morgan fingerprint density at radius 2 is 0.679 bits per heavy atom. The molecule has 0 aliphatic rings. The van der Waals surface area contributed by atoms with E-state index in [-0.39, 0.29) is 11.8 Å². The first kappa shape index (κ1) is 51.7. The lowest BCUT2D eigenvalue weighted by Gasteiger charge is -2.15. The molecular weight excluding hydrogens is 685 g/mol. The normalized spacial score (nSPS) is 11.8. The SMILES string of the molecule is Cc1ccc(CCCCCCCC/C=C\CCCCCCCCCCCC(N)=O)c(C)c1CCCCCCCC/C=C\CCCCCCCCCCCC(N)=O. The third kappa shape index (κ3) is 33.7. The molecular formula is C52H92N2O2. The molecule has 1 aromatic rings. The number of primary amides is 2. The molecule has 4 nitrogen and oxygen atoms in total. The third-order valence-electron chi connectivity index (χ3n) is 12.0. The van der Waals surface area contributed by atoms with Crippen LogP contribution in [0.3, 0.4) is 0 Å². The average Bonchev–Trinajstić information content (AvgIpc) is 3.17. The Bertz CT molecular complexity index is 1120. The molecule has 56 heavy (non-hydrogen) atoms. The van der Waals surface area contributed by atoms with Crippen molar-refractivity contribution < 1.29 is 9.59 Å². The molecule has 0 spiro atoms. The third-order valence-corrected chi connectivity index (χ3v) is 12.0. The van der Waals surface area contributed by atoms with Crippen molar-refractivity contribution in [2.24, 2.45) is 11.5 Å². The van der Waals surface area contributed by atoms with Gasteiger partial charge in [-0.05, 0) is 126 Å². The molecule has 0 bridgehead atoms. The molecule has 0 aromatic heterocycles. The number of nitrogens with two attached hydrogens (primary N) is 2. The number of rotatable bonds is 42. The Labute approximate surface area is 348 Å². The van der Waals surface area contributed by atoms with E-state index >= 15 is 0 Å². The molecule has 0 unspecified atom stereocenters. The van der Waals surface area contributed by atoms with E-state index in [1.165, 1.54) is 211 Å². The summed E-state index contributed by atoms with van der Waals surface area (Å²) in [6.45, 7) is 4.71. The van der Waals surface area contributed by atoms with Crippen LogP contribution in [0.25, 0.3) is 0 Å². The summed E-state index contributed by atoms with van der Waals surface area (Å²) in [5, 5.41) is 0. The number of carbonyl (C=O) groups excluding carboxylic acids is 2. The lowest BCUT2D eigenvalue weighted by Crippen LogP contribution is -2.09. The zero-order valence-corrected chi connectivity index (χ0v) is 37.3. The van der Waals surface area contributed by atoms with Crippen molar-refractivity contribution in [2.45, 2.75) is 258 Å². The van der Waals surface area contributed by atoms with E-state index in [0.717, 1.165) is 25.7 Å². The molecule has 4 N–H and O–H groups in total. The molecule has 0 fully saturated rings. The second-order valence-electron chi connectivity index (χ2n) is 17.3. The highest BCUT2D eigenvalue weighted by Crippen LogP contribution is 2.23. The van der Waals surface area contributed by atoms with Crippen LogP contribution in [0.4, 0.5) is 0 Å². The number of unbranched alkanes of at least 4 members (excludes halogenated alkanes) is 30. The van der Waals surface area contributed by atoms with Crippen LogP contribution in [0.2, 0.25) is 0 Å². The zero-order valence-electron chi connectivity index (χ0n) is 37.3. The zero-order chi connectivity index (χ0) is 40.6. The molecule has 0 saturated heterocycles. The summed E-state index contributed by atoms with van der Waals surface area (Å²) in [5.74, 6) is -0.317. The van der Waals surface area contributed by atoms with Crippen LogP contribution in [0.15, 0.2) is 36.4 Å². The number of hydrogen-bond acceptors (Lipinski definition) is 2. The Balaban J connectivity index is 1.94. The van der Waals surface area contributed by atoms with E-state index in [1.807, 2.05) is 0 Å². The number of aryl methyl sites for hydroxylation is 2. The molecule has 2 amide bonds. The summed E-state index contributed by atoms with van der Waals surface area (Å²) < 4.78 is 0.